The molecule has 1 saturated heterocycles. The van der Waals surface area contributed by atoms with Crippen molar-refractivity contribution >= 4 is 23.2 Å². The maximum Gasteiger partial charge on any atom is 0.253 e. The van der Waals surface area contributed by atoms with Crippen LogP contribution >= 0.6 is 11.6 Å². The van der Waals surface area contributed by atoms with Gasteiger partial charge in [0.1, 0.15) is 0 Å². The smallest absolute Gasteiger partial charge is 0.253 e. The van der Waals surface area contributed by atoms with Crippen molar-refractivity contribution in [2.24, 2.45) is 0 Å². The third-order valence-electron chi connectivity index (χ3n) is 6.01. The summed E-state index contributed by atoms with van der Waals surface area (Å²) in [5.41, 5.74) is 6.01. The third kappa shape index (κ3) is 4.94. The first-order valence-electron chi connectivity index (χ1n) is 10.8. The summed E-state index contributed by atoms with van der Waals surface area (Å²) in [7, 11) is 0. The number of aryl methyl sites for hydroxylation is 1. The van der Waals surface area contributed by atoms with E-state index in [1.807, 2.05) is 55.5 Å². The van der Waals surface area contributed by atoms with E-state index in [0.717, 1.165) is 60.3 Å². The van der Waals surface area contributed by atoms with Crippen LogP contribution in [0.4, 0.5) is 5.69 Å². The first-order valence-corrected chi connectivity index (χ1v) is 11.2. The number of H-pyrrole nitrogens is 1. The fourth-order valence-electron chi connectivity index (χ4n) is 4.14. The van der Waals surface area contributed by atoms with E-state index in [-0.39, 0.29) is 5.91 Å². The van der Waals surface area contributed by atoms with E-state index < -0.39 is 0 Å². The van der Waals surface area contributed by atoms with E-state index in [1.165, 1.54) is 5.69 Å². The summed E-state index contributed by atoms with van der Waals surface area (Å²) in [5.74, 6) is -0.0240. The fourth-order valence-corrected chi connectivity index (χ4v) is 4.31. The molecule has 0 unspecified atom stereocenters. The van der Waals surface area contributed by atoms with Gasteiger partial charge in [-0.3, -0.25) is 9.69 Å². The predicted octanol–water partition coefficient (Wildman–Crippen LogP) is 4.50. The average Bonchev–Trinajstić information content (AvgIpc) is 3.18. The lowest BCUT2D eigenvalue weighted by Crippen LogP contribution is -2.48. The first-order chi connectivity index (χ1) is 15.0. The minimum Gasteiger partial charge on any atom is -0.369 e. The highest BCUT2D eigenvalue weighted by molar-refractivity contribution is 6.31. The highest BCUT2D eigenvalue weighted by Crippen LogP contribution is 2.27. The number of amides is 1. The second-order valence-electron chi connectivity index (χ2n) is 8.06. The number of carbonyl (C=O) groups is 1. The molecule has 31 heavy (non-hydrogen) atoms. The van der Waals surface area contributed by atoms with Crippen LogP contribution in [0.2, 0.25) is 5.02 Å². The Bertz CT molecular complexity index is 1040. The van der Waals surface area contributed by atoms with Crippen molar-refractivity contribution in [3.63, 3.8) is 0 Å². The molecule has 0 saturated carbocycles. The van der Waals surface area contributed by atoms with Crippen molar-refractivity contribution < 1.29 is 4.79 Å². The molecular formula is C25H29ClN4O. The van der Waals surface area contributed by atoms with Crippen LogP contribution in [0.3, 0.4) is 0 Å². The highest BCUT2D eigenvalue weighted by Gasteiger charge is 2.19. The lowest BCUT2D eigenvalue weighted by Gasteiger charge is -2.37. The molecule has 2 aromatic carbocycles. The minimum atomic E-state index is -0.0240. The zero-order valence-electron chi connectivity index (χ0n) is 18.1. The number of nitrogens with zero attached hydrogens (tertiary/aromatic N) is 2. The zero-order chi connectivity index (χ0) is 21.8. The number of benzene rings is 2. The molecule has 2 heterocycles. The third-order valence-corrected chi connectivity index (χ3v) is 6.42. The Labute approximate surface area is 189 Å². The van der Waals surface area contributed by atoms with Gasteiger partial charge in [0.05, 0.1) is 5.56 Å². The largest absolute Gasteiger partial charge is 0.369 e. The van der Waals surface area contributed by atoms with E-state index in [4.69, 9.17) is 11.6 Å². The van der Waals surface area contributed by atoms with Crippen LogP contribution < -0.4 is 10.2 Å². The van der Waals surface area contributed by atoms with Gasteiger partial charge in [-0.15, -0.1) is 0 Å². The predicted molar refractivity (Wildman–Crippen MR) is 128 cm³/mol. The number of aromatic nitrogens is 1. The standard InChI is InChI=1S/C25H29ClN4O/c1-18-22(26)9-6-10-24(18)30-15-13-29(14-16-30)12-11-27-25(31)21-17-23(28-19(21)2)20-7-4-3-5-8-20/h3-10,17,28H,11-16H2,1-2H3,(H,27,31). The van der Waals surface area contributed by atoms with E-state index in [9.17, 15) is 4.79 Å². The number of hydrogen-bond donors (Lipinski definition) is 2. The van der Waals surface area contributed by atoms with Crippen molar-refractivity contribution in [3.8, 4) is 11.3 Å². The van der Waals surface area contributed by atoms with Crippen molar-refractivity contribution in [2.45, 2.75) is 13.8 Å². The van der Waals surface area contributed by atoms with Crippen LogP contribution in [0.15, 0.2) is 54.6 Å². The summed E-state index contributed by atoms with van der Waals surface area (Å²) < 4.78 is 0. The molecule has 1 aliphatic heterocycles. The van der Waals surface area contributed by atoms with E-state index >= 15 is 0 Å². The number of rotatable bonds is 6. The molecule has 0 bridgehead atoms. The molecule has 2 N–H and O–H groups in total. The number of halogens is 1. The van der Waals surface area contributed by atoms with Crippen molar-refractivity contribution in [1.29, 1.82) is 0 Å². The monoisotopic (exact) mass is 436 g/mol. The van der Waals surface area contributed by atoms with E-state index in [2.05, 4.69) is 33.1 Å². The quantitative estimate of drug-likeness (QED) is 0.598. The van der Waals surface area contributed by atoms with Gasteiger partial charge in [0.2, 0.25) is 0 Å². The number of aromatic amines is 1. The maximum absolute atomic E-state index is 12.7. The maximum atomic E-state index is 12.7. The summed E-state index contributed by atoms with van der Waals surface area (Å²) in [4.78, 5) is 20.8. The second kappa shape index (κ2) is 9.58. The molecule has 1 aromatic heterocycles. The lowest BCUT2D eigenvalue weighted by atomic mass is 10.1. The van der Waals surface area contributed by atoms with Crippen molar-refractivity contribution in [2.75, 3.05) is 44.2 Å². The fraction of sp³-hybridized carbons (Fsp3) is 0.320. The topological polar surface area (TPSA) is 51.4 Å². The van der Waals surface area contributed by atoms with Crippen molar-refractivity contribution in [3.05, 3.63) is 76.4 Å². The van der Waals surface area contributed by atoms with Gasteiger partial charge < -0.3 is 15.2 Å². The molecule has 1 aliphatic rings. The Morgan fingerprint density at radius 1 is 1.03 bits per heavy atom. The molecular weight excluding hydrogens is 408 g/mol. The van der Waals surface area contributed by atoms with Gasteiger partial charge in [0, 0.05) is 61.4 Å². The Balaban J connectivity index is 1.26. The van der Waals surface area contributed by atoms with Crippen LogP contribution in [0.5, 0.6) is 0 Å². The molecule has 0 spiro atoms. The SMILES string of the molecule is Cc1[nH]c(-c2ccccc2)cc1C(=O)NCCN1CCN(c2cccc(Cl)c2C)CC1. The van der Waals surface area contributed by atoms with Crippen LogP contribution in [0.25, 0.3) is 11.3 Å². The van der Waals surface area contributed by atoms with E-state index in [1.54, 1.807) is 0 Å². The molecule has 1 amide bonds. The van der Waals surface area contributed by atoms with Gasteiger partial charge in [-0.05, 0) is 43.2 Å². The summed E-state index contributed by atoms with van der Waals surface area (Å²) in [5, 5.41) is 3.90. The average molecular weight is 437 g/mol. The van der Waals surface area contributed by atoms with Gasteiger partial charge in [-0.1, -0.05) is 48.0 Å². The van der Waals surface area contributed by atoms with Gasteiger partial charge >= 0.3 is 0 Å². The molecule has 0 atom stereocenters. The molecule has 162 valence electrons. The summed E-state index contributed by atoms with van der Waals surface area (Å²) in [6.07, 6.45) is 0. The molecule has 4 rings (SSSR count). The zero-order valence-corrected chi connectivity index (χ0v) is 18.9. The Kier molecular flexibility index (Phi) is 6.64. The van der Waals surface area contributed by atoms with Gasteiger partial charge in [-0.2, -0.15) is 0 Å². The minimum absolute atomic E-state index is 0.0240. The summed E-state index contributed by atoms with van der Waals surface area (Å²) in [6, 6.07) is 18.1. The number of hydrogen-bond acceptors (Lipinski definition) is 3. The summed E-state index contributed by atoms with van der Waals surface area (Å²) >= 11 is 6.28. The van der Waals surface area contributed by atoms with Crippen LogP contribution in [-0.4, -0.2) is 55.1 Å². The molecule has 3 aromatic rings. The van der Waals surface area contributed by atoms with Crippen LogP contribution in [0, 0.1) is 13.8 Å². The number of anilines is 1. The summed E-state index contributed by atoms with van der Waals surface area (Å²) in [6.45, 7) is 9.39. The molecule has 5 nitrogen and oxygen atoms in total. The van der Waals surface area contributed by atoms with E-state index in [0.29, 0.717) is 12.1 Å². The normalized spacial score (nSPS) is 14.6. The van der Waals surface area contributed by atoms with Crippen molar-refractivity contribution in [1.82, 2.24) is 15.2 Å². The van der Waals surface area contributed by atoms with Gasteiger partial charge in [-0.25, -0.2) is 0 Å². The van der Waals surface area contributed by atoms with Crippen LogP contribution in [-0.2, 0) is 0 Å². The second-order valence-corrected chi connectivity index (χ2v) is 8.46. The van der Waals surface area contributed by atoms with Gasteiger partial charge in [0.25, 0.3) is 5.91 Å². The number of nitrogens with one attached hydrogen (secondary N) is 2. The van der Waals surface area contributed by atoms with Crippen LogP contribution in [0.1, 0.15) is 21.6 Å². The molecule has 0 aliphatic carbocycles. The Morgan fingerprint density at radius 2 is 1.77 bits per heavy atom. The Hall–Kier alpha value is -2.76. The Morgan fingerprint density at radius 3 is 2.52 bits per heavy atom. The molecule has 0 radical (unpaired) electrons. The molecule has 6 heteroatoms. The van der Waals surface area contributed by atoms with Gasteiger partial charge in [0.15, 0.2) is 0 Å². The first kappa shape index (κ1) is 21.5. The number of carbonyl (C=O) groups excluding carboxylic acids is 1. The molecule has 1 fully saturated rings. The lowest BCUT2D eigenvalue weighted by molar-refractivity contribution is 0.0947. The number of piperazine rings is 1. The highest BCUT2D eigenvalue weighted by atomic mass is 35.5.